The zero-order valence-electron chi connectivity index (χ0n) is 13.1. The minimum absolute atomic E-state index is 0.0637. The second-order valence-corrected chi connectivity index (χ2v) is 5.70. The Hall–Kier alpha value is -1.26. The summed E-state index contributed by atoms with van der Waals surface area (Å²) in [6.45, 7) is 6.74. The van der Waals surface area contributed by atoms with Gasteiger partial charge in [-0.1, -0.05) is 26.2 Å². The topological polar surface area (TPSA) is 61.4 Å². The summed E-state index contributed by atoms with van der Waals surface area (Å²) in [5.41, 5.74) is 0. The van der Waals surface area contributed by atoms with Crippen molar-refractivity contribution in [3.63, 3.8) is 0 Å². The third-order valence-corrected chi connectivity index (χ3v) is 4.11. The van der Waals surface area contributed by atoms with Crippen LogP contribution in [0.4, 0.5) is 4.79 Å². The van der Waals surface area contributed by atoms with Crippen molar-refractivity contribution < 1.29 is 9.59 Å². The molecule has 0 radical (unpaired) electrons. The van der Waals surface area contributed by atoms with Gasteiger partial charge in [-0.2, -0.15) is 0 Å². The number of carbonyl (C=O) groups excluding carboxylic acids is 2. The standard InChI is InChI=1S/C15H29N3O2/c1-4-12(2)18(13(3)19)11-10-16-15(20)17-14-8-6-5-7-9-14/h12,14H,4-11H2,1-3H3,(H2,16,17,20). The molecule has 1 saturated carbocycles. The fourth-order valence-electron chi connectivity index (χ4n) is 2.68. The van der Waals surface area contributed by atoms with Gasteiger partial charge in [-0.3, -0.25) is 4.79 Å². The van der Waals surface area contributed by atoms with E-state index in [-0.39, 0.29) is 18.0 Å². The van der Waals surface area contributed by atoms with Gasteiger partial charge in [0.1, 0.15) is 0 Å². The Bertz CT molecular complexity index is 314. The van der Waals surface area contributed by atoms with E-state index in [0.717, 1.165) is 19.3 Å². The van der Waals surface area contributed by atoms with E-state index in [1.54, 1.807) is 11.8 Å². The predicted octanol–water partition coefficient (Wildman–Crippen LogP) is 2.27. The maximum atomic E-state index is 11.8. The van der Waals surface area contributed by atoms with Gasteiger partial charge in [-0.25, -0.2) is 4.79 Å². The van der Waals surface area contributed by atoms with Gasteiger partial charge in [0.15, 0.2) is 0 Å². The maximum absolute atomic E-state index is 11.8. The molecule has 1 fully saturated rings. The van der Waals surface area contributed by atoms with Gasteiger partial charge in [0.25, 0.3) is 0 Å². The molecule has 116 valence electrons. The molecule has 0 aromatic carbocycles. The van der Waals surface area contributed by atoms with Crippen molar-refractivity contribution >= 4 is 11.9 Å². The van der Waals surface area contributed by atoms with E-state index in [0.29, 0.717) is 19.1 Å². The molecular formula is C15H29N3O2. The Morgan fingerprint density at radius 3 is 2.45 bits per heavy atom. The van der Waals surface area contributed by atoms with Crippen molar-refractivity contribution in [3.05, 3.63) is 0 Å². The minimum Gasteiger partial charge on any atom is -0.338 e. The van der Waals surface area contributed by atoms with E-state index in [9.17, 15) is 9.59 Å². The second kappa shape index (κ2) is 8.82. The van der Waals surface area contributed by atoms with E-state index in [1.807, 2.05) is 6.92 Å². The molecule has 2 N–H and O–H groups in total. The average Bonchev–Trinajstić information content (AvgIpc) is 2.43. The van der Waals surface area contributed by atoms with E-state index in [4.69, 9.17) is 0 Å². The minimum atomic E-state index is -0.107. The van der Waals surface area contributed by atoms with Crippen molar-refractivity contribution in [2.45, 2.75) is 71.4 Å². The lowest BCUT2D eigenvalue weighted by Crippen LogP contribution is -2.47. The van der Waals surface area contributed by atoms with Gasteiger partial charge in [0.05, 0.1) is 0 Å². The smallest absolute Gasteiger partial charge is 0.315 e. The molecule has 0 bridgehead atoms. The summed E-state index contributed by atoms with van der Waals surface area (Å²) in [5, 5.41) is 5.86. The molecule has 1 unspecified atom stereocenters. The third-order valence-electron chi connectivity index (χ3n) is 4.11. The van der Waals surface area contributed by atoms with Crippen LogP contribution in [-0.4, -0.2) is 42.0 Å². The quantitative estimate of drug-likeness (QED) is 0.785. The van der Waals surface area contributed by atoms with Gasteiger partial charge in [0, 0.05) is 32.1 Å². The molecular weight excluding hydrogens is 254 g/mol. The zero-order valence-corrected chi connectivity index (χ0v) is 13.1. The van der Waals surface area contributed by atoms with Crippen molar-refractivity contribution in [2.24, 2.45) is 0 Å². The Morgan fingerprint density at radius 2 is 1.90 bits per heavy atom. The van der Waals surface area contributed by atoms with E-state index < -0.39 is 0 Å². The van der Waals surface area contributed by atoms with Gasteiger partial charge in [-0.05, 0) is 26.2 Å². The summed E-state index contributed by atoms with van der Waals surface area (Å²) in [6.07, 6.45) is 6.78. The first kappa shape index (κ1) is 16.8. The van der Waals surface area contributed by atoms with Crippen LogP contribution >= 0.6 is 0 Å². The van der Waals surface area contributed by atoms with E-state index in [1.165, 1.54) is 19.3 Å². The molecule has 1 aliphatic carbocycles. The monoisotopic (exact) mass is 283 g/mol. The number of amides is 3. The van der Waals surface area contributed by atoms with E-state index in [2.05, 4.69) is 17.6 Å². The average molecular weight is 283 g/mol. The maximum Gasteiger partial charge on any atom is 0.315 e. The van der Waals surface area contributed by atoms with Crippen LogP contribution in [0.1, 0.15) is 59.3 Å². The highest BCUT2D eigenvalue weighted by atomic mass is 16.2. The number of hydrogen-bond donors (Lipinski definition) is 2. The van der Waals surface area contributed by atoms with Crippen LogP contribution in [0.25, 0.3) is 0 Å². The number of nitrogens with one attached hydrogen (secondary N) is 2. The van der Waals surface area contributed by atoms with Crippen molar-refractivity contribution in [1.29, 1.82) is 0 Å². The fourth-order valence-corrected chi connectivity index (χ4v) is 2.68. The molecule has 0 aliphatic heterocycles. The molecule has 0 aromatic heterocycles. The summed E-state index contributed by atoms with van der Waals surface area (Å²) in [5.74, 6) is 0.0637. The third kappa shape index (κ3) is 5.80. The van der Waals surface area contributed by atoms with Crippen LogP contribution in [-0.2, 0) is 4.79 Å². The number of hydrogen-bond acceptors (Lipinski definition) is 2. The number of rotatable bonds is 6. The molecule has 5 heteroatoms. The van der Waals surface area contributed by atoms with Crippen LogP contribution in [0.5, 0.6) is 0 Å². The van der Waals surface area contributed by atoms with Gasteiger partial charge in [-0.15, -0.1) is 0 Å². The molecule has 5 nitrogen and oxygen atoms in total. The lowest BCUT2D eigenvalue weighted by Gasteiger charge is -2.28. The first-order chi connectivity index (χ1) is 9.54. The first-order valence-corrected chi connectivity index (χ1v) is 7.86. The van der Waals surface area contributed by atoms with Crippen LogP contribution in [0.3, 0.4) is 0 Å². The highest BCUT2D eigenvalue weighted by Gasteiger charge is 2.17. The number of urea groups is 1. The summed E-state index contributed by atoms with van der Waals surface area (Å²) >= 11 is 0. The van der Waals surface area contributed by atoms with Gasteiger partial charge in [0.2, 0.25) is 5.91 Å². The number of carbonyl (C=O) groups is 2. The Kier molecular flexibility index (Phi) is 7.41. The molecule has 3 amide bonds. The number of nitrogens with zero attached hydrogens (tertiary/aromatic N) is 1. The zero-order chi connectivity index (χ0) is 15.0. The van der Waals surface area contributed by atoms with E-state index >= 15 is 0 Å². The van der Waals surface area contributed by atoms with Gasteiger partial charge >= 0.3 is 6.03 Å². The molecule has 0 aromatic rings. The Labute approximate surface area is 122 Å². The molecule has 20 heavy (non-hydrogen) atoms. The predicted molar refractivity (Wildman–Crippen MR) is 80.5 cm³/mol. The summed E-state index contributed by atoms with van der Waals surface area (Å²) in [4.78, 5) is 25.1. The Morgan fingerprint density at radius 1 is 1.25 bits per heavy atom. The molecule has 1 atom stereocenters. The van der Waals surface area contributed by atoms with Crippen LogP contribution in [0, 0.1) is 0 Å². The summed E-state index contributed by atoms with van der Waals surface area (Å²) < 4.78 is 0. The lowest BCUT2D eigenvalue weighted by atomic mass is 9.96. The molecule has 0 spiro atoms. The summed E-state index contributed by atoms with van der Waals surface area (Å²) in [6, 6.07) is 0.433. The summed E-state index contributed by atoms with van der Waals surface area (Å²) in [7, 11) is 0. The van der Waals surface area contributed by atoms with Crippen LogP contribution in [0.2, 0.25) is 0 Å². The van der Waals surface area contributed by atoms with Crippen molar-refractivity contribution in [1.82, 2.24) is 15.5 Å². The lowest BCUT2D eigenvalue weighted by molar-refractivity contribution is -0.130. The largest absolute Gasteiger partial charge is 0.338 e. The van der Waals surface area contributed by atoms with Crippen molar-refractivity contribution in [3.8, 4) is 0 Å². The SMILES string of the molecule is CCC(C)N(CCNC(=O)NC1CCCCC1)C(C)=O. The molecule has 0 heterocycles. The molecule has 0 saturated heterocycles. The highest BCUT2D eigenvalue weighted by Crippen LogP contribution is 2.17. The van der Waals surface area contributed by atoms with Crippen molar-refractivity contribution in [2.75, 3.05) is 13.1 Å². The molecule has 1 aliphatic rings. The highest BCUT2D eigenvalue weighted by molar-refractivity contribution is 5.75. The Balaban J connectivity index is 2.24. The normalized spacial score (nSPS) is 17.4. The van der Waals surface area contributed by atoms with Crippen LogP contribution < -0.4 is 10.6 Å². The fraction of sp³-hybridized carbons (Fsp3) is 0.867. The first-order valence-electron chi connectivity index (χ1n) is 7.86. The molecule has 1 rings (SSSR count). The van der Waals surface area contributed by atoms with Crippen LogP contribution in [0.15, 0.2) is 0 Å². The second-order valence-electron chi connectivity index (χ2n) is 5.70. The van der Waals surface area contributed by atoms with Gasteiger partial charge < -0.3 is 15.5 Å².